The zero-order valence-corrected chi connectivity index (χ0v) is 8.11. The summed E-state index contributed by atoms with van der Waals surface area (Å²) >= 11 is 0. The molecule has 0 amide bonds. The summed E-state index contributed by atoms with van der Waals surface area (Å²) in [5, 5.41) is 18.1. The van der Waals surface area contributed by atoms with Gasteiger partial charge in [0, 0.05) is 0 Å². The van der Waals surface area contributed by atoms with Crippen LogP contribution in [0.3, 0.4) is 0 Å². The SMILES string of the molecule is CC(C)(C(=O)O)c1ccc(O)c(N)c1. The number of benzene rings is 1. The fraction of sp³-hybridized carbons (Fsp3) is 0.300. The van der Waals surface area contributed by atoms with Crippen LogP contribution < -0.4 is 5.73 Å². The molecule has 0 heterocycles. The molecule has 14 heavy (non-hydrogen) atoms. The molecule has 0 aliphatic rings. The van der Waals surface area contributed by atoms with E-state index in [0.717, 1.165) is 0 Å². The van der Waals surface area contributed by atoms with E-state index in [0.29, 0.717) is 5.56 Å². The normalized spacial score (nSPS) is 11.3. The molecule has 1 rings (SSSR count). The van der Waals surface area contributed by atoms with E-state index in [1.165, 1.54) is 12.1 Å². The van der Waals surface area contributed by atoms with E-state index in [1.807, 2.05) is 0 Å². The second-order valence-corrected chi connectivity index (χ2v) is 3.70. The Kier molecular flexibility index (Phi) is 2.38. The molecule has 4 heteroatoms. The average Bonchev–Trinajstić information content (AvgIpc) is 2.09. The lowest BCUT2D eigenvalue weighted by Crippen LogP contribution is -2.28. The van der Waals surface area contributed by atoms with Crippen LogP contribution in [0.4, 0.5) is 5.69 Å². The highest BCUT2D eigenvalue weighted by molar-refractivity contribution is 5.81. The number of nitrogens with two attached hydrogens (primary N) is 1. The topological polar surface area (TPSA) is 83.5 Å². The van der Waals surface area contributed by atoms with Crippen molar-refractivity contribution in [1.82, 2.24) is 0 Å². The van der Waals surface area contributed by atoms with Gasteiger partial charge < -0.3 is 15.9 Å². The van der Waals surface area contributed by atoms with Crippen LogP contribution in [0.25, 0.3) is 0 Å². The van der Waals surface area contributed by atoms with Crippen molar-refractivity contribution in [3.63, 3.8) is 0 Å². The Bertz CT molecular complexity index is 372. The Morgan fingerprint density at radius 3 is 2.43 bits per heavy atom. The van der Waals surface area contributed by atoms with Gasteiger partial charge in [0.1, 0.15) is 5.75 Å². The first-order valence-electron chi connectivity index (χ1n) is 4.18. The highest BCUT2D eigenvalue weighted by Crippen LogP contribution is 2.29. The molecule has 0 bridgehead atoms. The van der Waals surface area contributed by atoms with Crippen molar-refractivity contribution in [2.75, 3.05) is 5.73 Å². The smallest absolute Gasteiger partial charge is 0.313 e. The van der Waals surface area contributed by atoms with E-state index < -0.39 is 11.4 Å². The lowest BCUT2D eigenvalue weighted by Gasteiger charge is -2.20. The number of rotatable bonds is 2. The minimum absolute atomic E-state index is 0.0325. The number of carbonyl (C=O) groups is 1. The Hall–Kier alpha value is -1.71. The summed E-state index contributed by atoms with van der Waals surface area (Å²) in [5.41, 5.74) is 5.24. The van der Waals surface area contributed by atoms with Crippen LogP contribution in [0.1, 0.15) is 19.4 Å². The number of aromatic hydroxyl groups is 1. The Balaban J connectivity index is 3.21. The van der Waals surface area contributed by atoms with Gasteiger partial charge in [-0.05, 0) is 31.5 Å². The lowest BCUT2D eigenvalue weighted by molar-refractivity contribution is -0.142. The third-order valence-electron chi connectivity index (χ3n) is 2.28. The summed E-state index contributed by atoms with van der Waals surface area (Å²) in [4.78, 5) is 10.9. The van der Waals surface area contributed by atoms with Gasteiger partial charge in [-0.1, -0.05) is 6.07 Å². The van der Waals surface area contributed by atoms with E-state index in [-0.39, 0.29) is 11.4 Å². The number of carboxylic acids is 1. The zero-order valence-electron chi connectivity index (χ0n) is 8.11. The fourth-order valence-corrected chi connectivity index (χ4v) is 1.07. The van der Waals surface area contributed by atoms with Gasteiger partial charge in [-0.3, -0.25) is 4.79 Å². The van der Waals surface area contributed by atoms with E-state index in [1.54, 1.807) is 19.9 Å². The highest BCUT2D eigenvalue weighted by atomic mass is 16.4. The molecule has 1 aromatic rings. The minimum atomic E-state index is -0.998. The van der Waals surface area contributed by atoms with Crippen LogP contribution in [-0.2, 0) is 10.2 Å². The van der Waals surface area contributed by atoms with Gasteiger partial charge in [0.15, 0.2) is 0 Å². The van der Waals surface area contributed by atoms with Crippen molar-refractivity contribution in [3.8, 4) is 5.75 Å². The van der Waals surface area contributed by atoms with E-state index in [9.17, 15) is 9.90 Å². The summed E-state index contributed by atoms with van der Waals surface area (Å²) < 4.78 is 0. The van der Waals surface area contributed by atoms with Crippen LogP contribution in [0.5, 0.6) is 5.75 Å². The molecule has 0 atom stereocenters. The largest absolute Gasteiger partial charge is 0.506 e. The van der Waals surface area contributed by atoms with Gasteiger partial charge in [-0.25, -0.2) is 0 Å². The maximum absolute atomic E-state index is 10.9. The van der Waals surface area contributed by atoms with Crippen LogP contribution >= 0.6 is 0 Å². The first kappa shape index (κ1) is 10.4. The number of phenolic OH excluding ortho intramolecular Hbond substituents is 1. The first-order chi connectivity index (χ1) is 6.35. The van der Waals surface area contributed by atoms with Crippen LogP contribution in [0.15, 0.2) is 18.2 Å². The molecule has 4 N–H and O–H groups in total. The highest BCUT2D eigenvalue weighted by Gasteiger charge is 2.29. The average molecular weight is 195 g/mol. The molecular weight excluding hydrogens is 182 g/mol. The van der Waals surface area contributed by atoms with Crippen LogP contribution in [0, 0.1) is 0 Å². The number of anilines is 1. The molecule has 0 radical (unpaired) electrons. The van der Waals surface area contributed by atoms with Gasteiger partial charge in [0.05, 0.1) is 11.1 Å². The quantitative estimate of drug-likeness (QED) is 0.491. The summed E-state index contributed by atoms with van der Waals surface area (Å²) in [7, 11) is 0. The summed E-state index contributed by atoms with van der Waals surface area (Å²) in [6.45, 7) is 3.17. The minimum Gasteiger partial charge on any atom is -0.506 e. The first-order valence-corrected chi connectivity index (χ1v) is 4.18. The maximum atomic E-state index is 10.9. The second kappa shape index (κ2) is 3.21. The zero-order chi connectivity index (χ0) is 10.9. The maximum Gasteiger partial charge on any atom is 0.313 e. The molecule has 0 saturated heterocycles. The summed E-state index contributed by atoms with van der Waals surface area (Å²) in [6, 6.07) is 4.43. The monoisotopic (exact) mass is 195 g/mol. The Morgan fingerprint density at radius 2 is 2.00 bits per heavy atom. The number of hydrogen-bond donors (Lipinski definition) is 3. The van der Waals surface area contributed by atoms with Gasteiger partial charge >= 0.3 is 5.97 Å². The number of carboxylic acid groups (broad SMARTS) is 1. The molecule has 0 spiro atoms. The third-order valence-corrected chi connectivity index (χ3v) is 2.28. The Labute approximate surface area is 82.0 Å². The number of aliphatic carboxylic acids is 1. The van der Waals surface area contributed by atoms with Crippen molar-refractivity contribution in [1.29, 1.82) is 0 Å². The fourth-order valence-electron chi connectivity index (χ4n) is 1.07. The number of nitrogen functional groups attached to an aromatic ring is 1. The van der Waals surface area contributed by atoms with Crippen LogP contribution in [0.2, 0.25) is 0 Å². The van der Waals surface area contributed by atoms with Gasteiger partial charge in [0.2, 0.25) is 0 Å². The van der Waals surface area contributed by atoms with Crippen molar-refractivity contribution in [2.45, 2.75) is 19.3 Å². The van der Waals surface area contributed by atoms with E-state index in [2.05, 4.69) is 0 Å². The Morgan fingerprint density at radius 1 is 1.43 bits per heavy atom. The predicted octanol–water partition coefficient (Wildman–Crippen LogP) is 1.34. The predicted molar refractivity (Wildman–Crippen MR) is 53.2 cm³/mol. The molecule has 4 nitrogen and oxygen atoms in total. The molecule has 0 aliphatic carbocycles. The number of phenols is 1. The molecule has 0 saturated carbocycles. The van der Waals surface area contributed by atoms with Crippen molar-refractivity contribution in [2.24, 2.45) is 0 Å². The van der Waals surface area contributed by atoms with Crippen molar-refractivity contribution < 1.29 is 15.0 Å². The molecule has 0 fully saturated rings. The lowest BCUT2D eigenvalue weighted by atomic mass is 9.84. The standard InChI is InChI=1S/C10H13NO3/c1-10(2,9(13)14)6-3-4-8(12)7(11)5-6/h3-5,12H,11H2,1-2H3,(H,13,14). The third kappa shape index (κ3) is 1.64. The van der Waals surface area contributed by atoms with Crippen LogP contribution in [-0.4, -0.2) is 16.2 Å². The van der Waals surface area contributed by atoms with Crippen molar-refractivity contribution in [3.05, 3.63) is 23.8 Å². The van der Waals surface area contributed by atoms with Gasteiger partial charge in [-0.2, -0.15) is 0 Å². The molecule has 0 aromatic heterocycles. The molecule has 1 aromatic carbocycles. The van der Waals surface area contributed by atoms with Crippen molar-refractivity contribution >= 4 is 11.7 Å². The van der Waals surface area contributed by atoms with E-state index in [4.69, 9.17) is 10.8 Å². The molecule has 0 unspecified atom stereocenters. The molecule has 76 valence electrons. The number of hydrogen-bond acceptors (Lipinski definition) is 3. The molecular formula is C10H13NO3. The second-order valence-electron chi connectivity index (χ2n) is 3.70. The summed E-state index contributed by atoms with van der Waals surface area (Å²) in [5.74, 6) is -0.961. The summed E-state index contributed by atoms with van der Waals surface area (Å²) in [6.07, 6.45) is 0. The van der Waals surface area contributed by atoms with E-state index >= 15 is 0 Å². The van der Waals surface area contributed by atoms with Gasteiger partial charge in [0.25, 0.3) is 0 Å². The van der Waals surface area contributed by atoms with Gasteiger partial charge in [-0.15, -0.1) is 0 Å². The molecule has 0 aliphatic heterocycles.